The lowest BCUT2D eigenvalue weighted by molar-refractivity contribution is -0.203. The maximum absolute atomic E-state index is 14.5. The maximum Gasteiger partial charge on any atom is 0.213 e. The van der Waals surface area contributed by atoms with Crippen molar-refractivity contribution in [3.05, 3.63) is 53.5 Å². The van der Waals surface area contributed by atoms with Gasteiger partial charge in [0.2, 0.25) is 5.88 Å². The molecule has 0 amide bonds. The highest BCUT2D eigenvalue weighted by Crippen LogP contribution is 2.32. The number of hydrogen-bond acceptors (Lipinski definition) is 7. The number of halogens is 1. The van der Waals surface area contributed by atoms with E-state index in [1.807, 2.05) is 6.07 Å². The predicted octanol–water partition coefficient (Wildman–Crippen LogP) is 4.10. The van der Waals surface area contributed by atoms with Gasteiger partial charge in [0.05, 0.1) is 37.6 Å². The third-order valence-electron chi connectivity index (χ3n) is 6.06. The molecule has 33 heavy (non-hydrogen) atoms. The lowest BCUT2D eigenvalue weighted by Gasteiger charge is -2.29. The molecule has 174 valence electrons. The summed E-state index contributed by atoms with van der Waals surface area (Å²) in [6.07, 6.45) is 3.74. The topological polar surface area (TPSA) is 71.9 Å². The van der Waals surface area contributed by atoms with Gasteiger partial charge in [0, 0.05) is 24.0 Å². The van der Waals surface area contributed by atoms with Gasteiger partial charge in [-0.3, -0.25) is 4.98 Å². The van der Waals surface area contributed by atoms with Crippen molar-refractivity contribution in [1.29, 1.82) is 0 Å². The second kappa shape index (κ2) is 9.89. The monoisotopic (exact) mass is 454 g/mol. The number of pyridine rings is 2. The molecule has 8 heteroatoms. The molecule has 0 radical (unpaired) electrons. The SMILES string of the molecule is COc1ccc2ncc(F)c(CCC3OCC(CCc4ccc5c(c4)OCCO5)CO3)c2n1. The fourth-order valence-electron chi connectivity index (χ4n) is 4.22. The summed E-state index contributed by atoms with van der Waals surface area (Å²) in [6.45, 7) is 2.44. The summed E-state index contributed by atoms with van der Waals surface area (Å²) in [5, 5.41) is 0. The van der Waals surface area contributed by atoms with Gasteiger partial charge in [-0.15, -0.1) is 0 Å². The molecular weight excluding hydrogens is 427 g/mol. The average molecular weight is 454 g/mol. The summed E-state index contributed by atoms with van der Waals surface area (Å²) in [7, 11) is 1.54. The lowest BCUT2D eigenvalue weighted by atomic mass is 9.99. The molecule has 0 spiro atoms. The number of fused-ring (bicyclic) bond motifs is 2. The molecule has 2 aliphatic rings. The summed E-state index contributed by atoms with van der Waals surface area (Å²) < 4.78 is 42.8. The van der Waals surface area contributed by atoms with Crippen molar-refractivity contribution < 1.29 is 28.1 Å². The van der Waals surface area contributed by atoms with Crippen molar-refractivity contribution in [2.45, 2.75) is 32.0 Å². The Morgan fingerprint density at radius 3 is 2.64 bits per heavy atom. The van der Waals surface area contributed by atoms with Crippen molar-refractivity contribution in [1.82, 2.24) is 9.97 Å². The Balaban J connectivity index is 1.13. The van der Waals surface area contributed by atoms with Crippen LogP contribution >= 0.6 is 0 Å². The van der Waals surface area contributed by atoms with E-state index >= 15 is 0 Å². The molecule has 1 fully saturated rings. The van der Waals surface area contributed by atoms with E-state index in [1.54, 1.807) is 12.1 Å². The van der Waals surface area contributed by atoms with Gasteiger partial charge in [0.25, 0.3) is 0 Å². The molecule has 1 aromatic carbocycles. The zero-order valence-corrected chi connectivity index (χ0v) is 18.6. The molecule has 1 saturated heterocycles. The Morgan fingerprint density at radius 1 is 1.00 bits per heavy atom. The van der Waals surface area contributed by atoms with Crippen LogP contribution in [0.5, 0.6) is 17.4 Å². The van der Waals surface area contributed by atoms with Crippen molar-refractivity contribution in [2.24, 2.45) is 5.92 Å². The average Bonchev–Trinajstić information content (AvgIpc) is 2.87. The Bertz CT molecular complexity index is 1120. The number of nitrogens with zero attached hydrogens (tertiary/aromatic N) is 2. The van der Waals surface area contributed by atoms with Crippen LogP contribution in [-0.4, -0.2) is 49.8 Å². The largest absolute Gasteiger partial charge is 0.486 e. The number of benzene rings is 1. The smallest absolute Gasteiger partial charge is 0.213 e. The number of rotatable bonds is 7. The highest BCUT2D eigenvalue weighted by molar-refractivity contribution is 5.78. The van der Waals surface area contributed by atoms with Gasteiger partial charge < -0.3 is 23.7 Å². The van der Waals surface area contributed by atoms with Crippen molar-refractivity contribution in [2.75, 3.05) is 33.5 Å². The molecule has 5 rings (SSSR count). The minimum Gasteiger partial charge on any atom is -0.486 e. The number of aromatic nitrogens is 2. The summed E-state index contributed by atoms with van der Waals surface area (Å²) in [5.74, 6) is 2.00. The molecule has 0 N–H and O–H groups in total. The molecule has 3 aromatic rings. The first-order valence-electron chi connectivity index (χ1n) is 11.3. The van der Waals surface area contributed by atoms with Gasteiger partial charge in [0.15, 0.2) is 17.8 Å². The standard InChI is InChI=1S/C25H27FN2O5/c1-29-23-8-6-20-25(28-23)18(19(26)13-27-20)5-9-24-32-14-17(15-33-24)3-2-16-4-7-21-22(12-16)31-11-10-30-21/h4,6-8,12-13,17,24H,2-3,5,9-11,14-15H2,1H3. The van der Waals surface area contributed by atoms with Crippen LogP contribution in [0.4, 0.5) is 4.39 Å². The Kier molecular flexibility index (Phi) is 6.55. The maximum atomic E-state index is 14.5. The minimum absolute atomic E-state index is 0.318. The summed E-state index contributed by atoms with van der Waals surface area (Å²) >= 11 is 0. The molecule has 0 aliphatic carbocycles. The molecule has 0 bridgehead atoms. The third kappa shape index (κ3) is 5.02. The fourth-order valence-corrected chi connectivity index (χ4v) is 4.22. The molecule has 2 aliphatic heterocycles. The van der Waals surface area contributed by atoms with Crippen LogP contribution in [0.1, 0.15) is 24.0 Å². The van der Waals surface area contributed by atoms with Gasteiger partial charge in [-0.25, -0.2) is 9.37 Å². The Hall–Kier alpha value is -2.97. The van der Waals surface area contributed by atoms with E-state index in [-0.39, 0.29) is 12.1 Å². The van der Waals surface area contributed by atoms with Crippen LogP contribution < -0.4 is 14.2 Å². The van der Waals surface area contributed by atoms with Crippen LogP contribution in [-0.2, 0) is 22.3 Å². The molecule has 0 unspecified atom stereocenters. The molecule has 7 nitrogen and oxygen atoms in total. The van der Waals surface area contributed by atoms with Crippen LogP contribution in [0.3, 0.4) is 0 Å². The summed E-state index contributed by atoms with van der Waals surface area (Å²) in [4.78, 5) is 8.51. The zero-order valence-electron chi connectivity index (χ0n) is 18.6. The quantitative estimate of drug-likeness (QED) is 0.532. The van der Waals surface area contributed by atoms with Crippen LogP contribution in [0, 0.1) is 11.7 Å². The molecular formula is C25H27FN2O5. The van der Waals surface area contributed by atoms with Gasteiger partial charge in [-0.1, -0.05) is 6.07 Å². The second-order valence-electron chi connectivity index (χ2n) is 8.32. The minimum atomic E-state index is -0.378. The fraction of sp³-hybridized carbons (Fsp3) is 0.440. The van der Waals surface area contributed by atoms with Crippen molar-refractivity contribution in [3.63, 3.8) is 0 Å². The van der Waals surface area contributed by atoms with E-state index in [0.29, 0.717) is 67.7 Å². The predicted molar refractivity (Wildman–Crippen MR) is 119 cm³/mol. The number of aryl methyl sites for hydroxylation is 2. The van der Waals surface area contributed by atoms with Crippen LogP contribution in [0.25, 0.3) is 11.0 Å². The lowest BCUT2D eigenvalue weighted by Crippen LogP contribution is -2.32. The van der Waals surface area contributed by atoms with Crippen LogP contribution in [0.15, 0.2) is 36.5 Å². The molecule has 2 aromatic heterocycles. The first kappa shape index (κ1) is 21.9. The highest BCUT2D eigenvalue weighted by Gasteiger charge is 2.23. The van der Waals surface area contributed by atoms with E-state index in [4.69, 9.17) is 23.7 Å². The number of ether oxygens (including phenoxy) is 5. The first-order valence-corrected chi connectivity index (χ1v) is 11.3. The first-order chi connectivity index (χ1) is 16.2. The van der Waals surface area contributed by atoms with Crippen molar-refractivity contribution in [3.8, 4) is 17.4 Å². The number of hydrogen-bond donors (Lipinski definition) is 0. The van der Waals surface area contributed by atoms with Gasteiger partial charge in [-0.05, 0) is 43.0 Å². The van der Waals surface area contributed by atoms with E-state index in [0.717, 1.165) is 24.3 Å². The summed E-state index contributed by atoms with van der Waals surface area (Å²) in [6, 6.07) is 9.61. The normalized spacial score (nSPS) is 20.1. The second-order valence-corrected chi connectivity index (χ2v) is 8.32. The highest BCUT2D eigenvalue weighted by atomic mass is 19.1. The van der Waals surface area contributed by atoms with Gasteiger partial charge in [-0.2, -0.15) is 0 Å². The number of methoxy groups -OCH3 is 1. The Labute approximate surface area is 191 Å². The van der Waals surface area contributed by atoms with Crippen molar-refractivity contribution >= 4 is 11.0 Å². The summed E-state index contributed by atoms with van der Waals surface area (Å²) in [5.41, 5.74) is 2.87. The van der Waals surface area contributed by atoms with E-state index < -0.39 is 0 Å². The van der Waals surface area contributed by atoms with Gasteiger partial charge in [0.1, 0.15) is 19.0 Å². The van der Waals surface area contributed by atoms with Crippen LogP contribution in [0.2, 0.25) is 0 Å². The van der Waals surface area contributed by atoms with E-state index in [2.05, 4.69) is 22.1 Å². The zero-order chi connectivity index (χ0) is 22.6. The Morgan fingerprint density at radius 2 is 1.82 bits per heavy atom. The molecule has 4 heterocycles. The van der Waals surface area contributed by atoms with Gasteiger partial charge >= 0.3 is 0 Å². The van der Waals surface area contributed by atoms with E-state index in [1.165, 1.54) is 18.9 Å². The molecule has 0 atom stereocenters. The molecule has 0 saturated carbocycles. The third-order valence-corrected chi connectivity index (χ3v) is 6.06. The van der Waals surface area contributed by atoms with E-state index in [9.17, 15) is 4.39 Å².